The van der Waals surface area contributed by atoms with E-state index in [0.29, 0.717) is 0 Å². The summed E-state index contributed by atoms with van der Waals surface area (Å²) in [6, 6.07) is 0. The van der Waals surface area contributed by atoms with E-state index < -0.39 is 7.26 Å². The Kier molecular flexibility index (Phi) is 27.4. The fraction of sp³-hybridized carbons (Fsp3) is 1.00. The van der Waals surface area contributed by atoms with Crippen molar-refractivity contribution in [3.8, 4) is 0 Å². The maximum atomic E-state index is 2.42. The van der Waals surface area contributed by atoms with E-state index in [1.807, 2.05) is 0 Å². The molecule has 0 heterocycles. The molecule has 0 atom stereocenters. The Morgan fingerprint density at radius 2 is 0.455 bits per heavy atom. The summed E-state index contributed by atoms with van der Waals surface area (Å²) in [6.45, 7) is 9.47. The molecule has 0 rings (SSSR count). The molecule has 0 aliphatic heterocycles. The Morgan fingerprint density at radius 3 is 0.727 bits per heavy atom. The summed E-state index contributed by atoms with van der Waals surface area (Å²) in [5, 5.41) is 0. The molecule has 0 aromatic rings. The Bertz CT molecular complexity index is 316. The van der Waals surface area contributed by atoms with Gasteiger partial charge in [-0.15, -0.1) is 0 Å². The molecule has 0 aliphatic rings. The van der Waals surface area contributed by atoms with E-state index in [2.05, 4.69) is 27.7 Å². The first-order valence-electron chi connectivity index (χ1n) is 16.2. The van der Waals surface area contributed by atoms with E-state index in [-0.39, 0.29) is 0 Å². The van der Waals surface area contributed by atoms with Crippen molar-refractivity contribution in [1.29, 1.82) is 0 Å². The summed E-state index contributed by atoms with van der Waals surface area (Å²) in [5.74, 6) is 0. The third kappa shape index (κ3) is 22.6. The van der Waals surface area contributed by atoms with Gasteiger partial charge in [-0.25, -0.2) is 0 Å². The van der Waals surface area contributed by atoms with Crippen LogP contribution < -0.4 is 0 Å². The van der Waals surface area contributed by atoms with Crippen LogP contribution in [0.5, 0.6) is 0 Å². The van der Waals surface area contributed by atoms with E-state index in [1.165, 1.54) is 141 Å². The molecule has 0 bridgehead atoms. The molecule has 0 aliphatic carbocycles. The van der Waals surface area contributed by atoms with Crippen LogP contribution in [0, 0.1) is 0 Å². The molecule has 202 valence electrons. The van der Waals surface area contributed by atoms with Crippen LogP contribution in [0.3, 0.4) is 0 Å². The first-order chi connectivity index (χ1) is 16.2. The number of hydrogen-bond acceptors (Lipinski definition) is 0. The molecule has 0 saturated heterocycles. The molecule has 0 aromatic heterocycles. The van der Waals surface area contributed by atoms with E-state index >= 15 is 0 Å². The van der Waals surface area contributed by atoms with Crippen LogP contribution in [0.1, 0.15) is 182 Å². The topological polar surface area (TPSA) is 0 Å². The molecular weight excluding hydrogens is 415 g/mol. The Balaban J connectivity index is 4.15. The first kappa shape index (κ1) is 33.4. The minimum atomic E-state index is -1.02. The van der Waals surface area contributed by atoms with Gasteiger partial charge in [0.05, 0.1) is 0 Å². The molecule has 0 N–H and O–H groups in total. The SMILES string of the molecule is CCCCCCCCCCCC[PH](CCCC)(CCCC)CCCCCCCCCCCC. The zero-order valence-corrected chi connectivity index (χ0v) is 25.3. The fourth-order valence-electron chi connectivity index (χ4n) is 5.83. The van der Waals surface area contributed by atoms with Crippen molar-refractivity contribution in [2.24, 2.45) is 0 Å². The van der Waals surface area contributed by atoms with Crippen molar-refractivity contribution < 1.29 is 0 Å². The normalized spacial score (nSPS) is 12.5. The number of rotatable bonds is 28. The summed E-state index contributed by atoms with van der Waals surface area (Å²) >= 11 is 0. The van der Waals surface area contributed by atoms with Crippen molar-refractivity contribution in [2.45, 2.75) is 182 Å². The monoisotopic (exact) mass is 485 g/mol. The second-order valence-electron chi connectivity index (χ2n) is 11.6. The van der Waals surface area contributed by atoms with Crippen LogP contribution in [0.25, 0.3) is 0 Å². The van der Waals surface area contributed by atoms with Crippen LogP contribution in [-0.2, 0) is 0 Å². The molecule has 0 aromatic carbocycles. The number of hydrogen-bond donors (Lipinski definition) is 0. The van der Waals surface area contributed by atoms with E-state index in [4.69, 9.17) is 0 Å². The second-order valence-corrected chi connectivity index (χ2v) is 16.6. The molecule has 0 unspecified atom stereocenters. The Labute approximate surface area is 213 Å². The predicted molar refractivity (Wildman–Crippen MR) is 161 cm³/mol. The van der Waals surface area contributed by atoms with Crippen LogP contribution in [-0.4, -0.2) is 24.6 Å². The standard InChI is InChI=1S/C32H69P/c1-5-9-13-15-17-19-21-23-25-27-31-33(29-11-7-3,30-12-8-4)32-28-26-24-22-20-18-16-14-10-6-2/h33H,5-32H2,1-4H3. The quantitative estimate of drug-likeness (QED) is 0.0764. The van der Waals surface area contributed by atoms with E-state index in [1.54, 1.807) is 37.5 Å². The van der Waals surface area contributed by atoms with Crippen molar-refractivity contribution in [3.63, 3.8) is 0 Å². The zero-order chi connectivity index (χ0) is 24.3. The molecule has 33 heavy (non-hydrogen) atoms. The van der Waals surface area contributed by atoms with Crippen molar-refractivity contribution >= 4 is 7.26 Å². The summed E-state index contributed by atoms with van der Waals surface area (Å²) in [5.41, 5.74) is 0. The molecule has 0 fully saturated rings. The first-order valence-corrected chi connectivity index (χ1v) is 19.1. The molecule has 1 heteroatoms. The molecule has 0 saturated carbocycles. The van der Waals surface area contributed by atoms with Crippen LogP contribution >= 0.6 is 7.26 Å². The van der Waals surface area contributed by atoms with E-state index in [9.17, 15) is 0 Å². The average Bonchev–Trinajstić information content (AvgIpc) is 2.83. The van der Waals surface area contributed by atoms with Gasteiger partial charge in [-0.1, -0.05) is 0 Å². The van der Waals surface area contributed by atoms with Gasteiger partial charge in [0.15, 0.2) is 0 Å². The second kappa shape index (κ2) is 27.0. The molecular formula is C32H69P. The zero-order valence-electron chi connectivity index (χ0n) is 24.3. The third-order valence-electron chi connectivity index (χ3n) is 8.24. The summed E-state index contributed by atoms with van der Waals surface area (Å²) in [7, 11) is -1.02. The van der Waals surface area contributed by atoms with Crippen molar-refractivity contribution in [2.75, 3.05) is 24.6 Å². The van der Waals surface area contributed by atoms with Crippen molar-refractivity contribution in [1.82, 2.24) is 0 Å². The van der Waals surface area contributed by atoms with E-state index in [0.717, 1.165) is 0 Å². The van der Waals surface area contributed by atoms with Gasteiger partial charge >= 0.3 is 214 Å². The Hall–Kier alpha value is 0.430. The fourth-order valence-corrected chi connectivity index (χ4v) is 11.5. The van der Waals surface area contributed by atoms with Gasteiger partial charge in [0.2, 0.25) is 0 Å². The molecule has 0 nitrogen and oxygen atoms in total. The van der Waals surface area contributed by atoms with Gasteiger partial charge in [0.25, 0.3) is 0 Å². The van der Waals surface area contributed by atoms with Gasteiger partial charge in [-0.05, 0) is 0 Å². The van der Waals surface area contributed by atoms with Crippen LogP contribution in [0.15, 0.2) is 0 Å². The molecule has 0 radical (unpaired) electrons. The summed E-state index contributed by atoms with van der Waals surface area (Å²) in [6.07, 6.45) is 42.2. The van der Waals surface area contributed by atoms with Crippen molar-refractivity contribution in [3.05, 3.63) is 0 Å². The van der Waals surface area contributed by atoms with Crippen LogP contribution in [0.4, 0.5) is 0 Å². The molecule has 0 amide bonds. The Morgan fingerprint density at radius 1 is 0.242 bits per heavy atom. The summed E-state index contributed by atoms with van der Waals surface area (Å²) in [4.78, 5) is 0. The minimum absolute atomic E-state index is 1.02. The van der Waals surface area contributed by atoms with Crippen LogP contribution in [0.2, 0.25) is 0 Å². The van der Waals surface area contributed by atoms with Gasteiger partial charge in [-0.2, -0.15) is 0 Å². The predicted octanol–water partition coefficient (Wildman–Crippen LogP) is 12.2. The molecule has 0 spiro atoms. The third-order valence-corrected chi connectivity index (χ3v) is 13.9. The van der Waals surface area contributed by atoms with Gasteiger partial charge in [-0.3, -0.25) is 0 Å². The number of unbranched alkanes of at least 4 members (excludes halogenated alkanes) is 20. The average molecular weight is 485 g/mol. The maximum absolute atomic E-state index is 2.42. The van der Waals surface area contributed by atoms with Gasteiger partial charge in [0.1, 0.15) is 0 Å². The summed E-state index contributed by atoms with van der Waals surface area (Å²) < 4.78 is 0. The van der Waals surface area contributed by atoms with Gasteiger partial charge < -0.3 is 0 Å². The van der Waals surface area contributed by atoms with Gasteiger partial charge in [0, 0.05) is 0 Å².